The quantitative estimate of drug-likeness (QED) is 0.324. The zero-order valence-corrected chi connectivity index (χ0v) is 11.4. The van der Waals surface area contributed by atoms with E-state index >= 15 is 0 Å². The Bertz CT molecular complexity index is 875. The van der Waals surface area contributed by atoms with Gasteiger partial charge in [-0.3, -0.25) is 13.7 Å². The minimum atomic E-state index is -5.46. The molecular weight excluding hydrogens is 344 g/mol. The summed E-state index contributed by atoms with van der Waals surface area (Å²) in [6, 6.07) is -0.150. The molecule has 1 aromatic rings. The van der Waals surface area contributed by atoms with Crippen molar-refractivity contribution in [2.75, 3.05) is 0 Å². The summed E-state index contributed by atoms with van der Waals surface area (Å²) in [6.45, 7) is 0. The first kappa shape index (κ1) is 16.6. The molecule has 0 aliphatic rings. The number of hydrogen-bond donors (Lipinski definition) is 5. The fourth-order valence-corrected chi connectivity index (χ4v) is 3.80. The van der Waals surface area contributed by atoms with E-state index in [9.17, 15) is 35.5 Å². The molecule has 0 heterocycles. The lowest BCUT2D eigenvalue weighted by molar-refractivity contribution is 0.370. The van der Waals surface area contributed by atoms with Crippen molar-refractivity contribution in [3.05, 3.63) is 6.07 Å². The zero-order chi connectivity index (χ0) is 16.1. The van der Waals surface area contributed by atoms with E-state index in [0.29, 0.717) is 0 Å². The highest BCUT2D eigenvalue weighted by Gasteiger charge is 2.34. The molecule has 0 unspecified atom stereocenters. The molecule has 1 rings (SSSR count). The monoisotopic (exact) mass is 350 g/mol. The second kappa shape index (κ2) is 4.54. The molecule has 114 valence electrons. The van der Waals surface area contributed by atoms with Crippen molar-refractivity contribution in [3.63, 3.8) is 0 Å². The number of aromatic hydroxyl groups is 2. The summed E-state index contributed by atoms with van der Waals surface area (Å²) in [4.78, 5) is -5.18. The minimum Gasteiger partial charge on any atom is -0.503 e. The molecule has 0 bridgehead atoms. The minimum absolute atomic E-state index is 0.150. The van der Waals surface area contributed by atoms with E-state index in [-0.39, 0.29) is 6.07 Å². The molecule has 0 saturated carbocycles. The van der Waals surface area contributed by atoms with Crippen molar-refractivity contribution in [2.45, 2.75) is 14.7 Å². The topological polar surface area (TPSA) is 204 Å². The van der Waals surface area contributed by atoms with Gasteiger partial charge >= 0.3 is 0 Å². The van der Waals surface area contributed by atoms with Gasteiger partial charge in [0.25, 0.3) is 30.4 Å². The van der Waals surface area contributed by atoms with E-state index in [0.717, 1.165) is 0 Å². The van der Waals surface area contributed by atoms with Gasteiger partial charge in [0.1, 0.15) is 9.79 Å². The molecule has 14 heteroatoms. The Kier molecular flexibility index (Phi) is 3.77. The van der Waals surface area contributed by atoms with Crippen LogP contribution in [-0.4, -0.2) is 49.1 Å². The Morgan fingerprint density at radius 3 is 1.35 bits per heavy atom. The van der Waals surface area contributed by atoms with Crippen LogP contribution in [0.1, 0.15) is 0 Å². The normalized spacial score (nSPS) is 13.3. The van der Waals surface area contributed by atoms with E-state index in [1.165, 1.54) is 0 Å². The molecule has 0 spiro atoms. The standard InChI is InChI=1S/C6H6O11S3/c7-4-2(18(9,10)11)1-3(19(12,13)14)6(5(4)8)20(15,16)17/h1,7-8H,(H,9,10,11)(H,12,13,14)(H,15,16,17). The Labute approximate surface area is 112 Å². The lowest BCUT2D eigenvalue weighted by atomic mass is 10.3. The molecule has 0 aliphatic carbocycles. The van der Waals surface area contributed by atoms with E-state index in [1.807, 2.05) is 0 Å². The number of phenolic OH excluding ortho intramolecular Hbond substituents is 2. The Morgan fingerprint density at radius 2 is 1.05 bits per heavy atom. The van der Waals surface area contributed by atoms with E-state index in [2.05, 4.69) is 0 Å². The second-order valence-corrected chi connectivity index (χ2v) is 7.46. The molecule has 0 aromatic heterocycles. The third-order valence-corrected chi connectivity index (χ3v) is 4.78. The maximum atomic E-state index is 11.0. The molecule has 0 radical (unpaired) electrons. The van der Waals surface area contributed by atoms with Crippen LogP contribution in [0.15, 0.2) is 20.8 Å². The number of benzene rings is 1. The highest BCUT2D eigenvalue weighted by molar-refractivity contribution is 7.89. The average molecular weight is 350 g/mol. The summed E-state index contributed by atoms with van der Waals surface area (Å²) in [5.41, 5.74) is 0. The summed E-state index contributed by atoms with van der Waals surface area (Å²) in [5.74, 6) is -3.61. The molecule has 0 saturated heterocycles. The van der Waals surface area contributed by atoms with Gasteiger partial charge in [0.15, 0.2) is 16.4 Å². The average Bonchev–Trinajstić information content (AvgIpc) is 2.15. The van der Waals surface area contributed by atoms with Crippen molar-refractivity contribution >= 4 is 30.4 Å². The van der Waals surface area contributed by atoms with Gasteiger partial charge in [0, 0.05) is 0 Å². The third kappa shape index (κ3) is 3.00. The van der Waals surface area contributed by atoms with Crippen molar-refractivity contribution in [2.24, 2.45) is 0 Å². The van der Waals surface area contributed by atoms with Crippen LogP contribution in [-0.2, 0) is 30.4 Å². The molecule has 5 N–H and O–H groups in total. The molecule has 11 nitrogen and oxygen atoms in total. The van der Waals surface area contributed by atoms with Gasteiger partial charge in [-0.25, -0.2) is 0 Å². The van der Waals surface area contributed by atoms with Crippen LogP contribution in [0.25, 0.3) is 0 Å². The zero-order valence-electron chi connectivity index (χ0n) is 8.99. The first-order valence-electron chi connectivity index (χ1n) is 4.18. The van der Waals surface area contributed by atoms with Crippen LogP contribution < -0.4 is 0 Å². The molecule has 1 aromatic carbocycles. The van der Waals surface area contributed by atoms with Crippen molar-refractivity contribution in [1.29, 1.82) is 0 Å². The van der Waals surface area contributed by atoms with Crippen LogP contribution in [0.4, 0.5) is 0 Å². The predicted octanol–water partition coefficient (Wildman–Crippen LogP) is -1.16. The number of hydrogen-bond acceptors (Lipinski definition) is 8. The van der Waals surface area contributed by atoms with E-state index in [4.69, 9.17) is 13.7 Å². The molecule has 0 amide bonds. The van der Waals surface area contributed by atoms with Gasteiger partial charge in [-0.15, -0.1) is 0 Å². The summed E-state index contributed by atoms with van der Waals surface area (Å²) < 4.78 is 91.7. The van der Waals surface area contributed by atoms with Crippen LogP contribution in [0.3, 0.4) is 0 Å². The van der Waals surface area contributed by atoms with Gasteiger partial charge < -0.3 is 10.2 Å². The highest BCUT2D eigenvalue weighted by atomic mass is 32.2. The van der Waals surface area contributed by atoms with Gasteiger partial charge in [-0.05, 0) is 6.07 Å². The van der Waals surface area contributed by atoms with Gasteiger partial charge in [0.2, 0.25) is 0 Å². The summed E-state index contributed by atoms with van der Waals surface area (Å²) in [5, 5.41) is 18.5. The van der Waals surface area contributed by atoms with Gasteiger partial charge in [-0.2, -0.15) is 25.3 Å². The van der Waals surface area contributed by atoms with Crippen molar-refractivity contribution < 1.29 is 49.1 Å². The van der Waals surface area contributed by atoms with Crippen LogP contribution in [0.2, 0.25) is 0 Å². The number of rotatable bonds is 3. The molecular formula is C6H6O11S3. The fourth-order valence-electron chi connectivity index (χ4n) is 1.23. The van der Waals surface area contributed by atoms with Crippen LogP contribution >= 0.6 is 0 Å². The first-order valence-corrected chi connectivity index (χ1v) is 8.50. The van der Waals surface area contributed by atoms with Gasteiger partial charge in [-0.1, -0.05) is 0 Å². The SMILES string of the molecule is O=S(=O)(O)c1cc(S(=O)(=O)O)c(S(=O)(=O)O)c(O)c1O. The summed E-state index contributed by atoms with van der Waals surface area (Å²) >= 11 is 0. The molecule has 0 atom stereocenters. The van der Waals surface area contributed by atoms with Crippen LogP contribution in [0.5, 0.6) is 11.5 Å². The molecule has 20 heavy (non-hydrogen) atoms. The number of phenols is 2. The fraction of sp³-hybridized carbons (Fsp3) is 0. The molecule has 0 aliphatic heterocycles. The van der Waals surface area contributed by atoms with Crippen LogP contribution in [0, 0.1) is 0 Å². The maximum absolute atomic E-state index is 11.0. The summed E-state index contributed by atoms with van der Waals surface area (Å²) in [7, 11) is -16.1. The largest absolute Gasteiger partial charge is 0.503 e. The highest BCUT2D eigenvalue weighted by Crippen LogP contribution is 2.41. The van der Waals surface area contributed by atoms with Gasteiger partial charge in [0.05, 0.1) is 0 Å². The Hall–Kier alpha value is -1.45. The maximum Gasteiger partial charge on any atom is 0.299 e. The van der Waals surface area contributed by atoms with Crippen molar-refractivity contribution in [3.8, 4) is 11.5 Å². The van der Waals surface area contributed by atoms with E-state index < -0.39 is 56.5 Å². The lowest BCUT2D eigenvalue weighted by Gasteiger charge is -2.11. The second-order valence-electron chi connectivity index (χ2n) is 3.32. The Morgan fingerprint density at radius 1 is 0.650 bits per heavy atom. The van der Waals surface area contributed by atoms with E-state index in [1.54, 1.807) is 0 Å². The summed E-state index contributed by atoms with van der Waals surface area (Å²) in [6.07, 6.45) is 0. The smallest absolute Gasteiger partial charge is 0.299 e. The molecule has 0 fully saturated rings. The lowest BCUT2D eigenvalue weighted by Crippen LogP contribution is -2.11. The Balaban J connectivity index is 4.17. The van der Waals surface area contributed by atoms with Crippen molar-refractivity contribution in [1.82, 2.24) is 0 Å². The third-order valence-electron chi connectivity index (χ3n) is 1.97. The first-order chi connectivity index (χ1) is 8.67. The predicted molar refractivity (Wildman–Crippen MR) is 59.2 cm³/mol.